The highest BCUT2D eigenvalue weighted by Gasteiger charge is 1.92. The molecule has 0 aliphatic carbocycles. The number of hydrogen-bond acceptors (Lipinski definition) is 2. The molecule has 0 spiro atoms. The first-order valence-electron chi connectivity index (χ1n) is 6.72. The maximum absolute atomic E-state index is 10.2. The van der Waals surface area contributed by atoms with E-state index in [1.807, 2.05) is 13.0 Å². The van der Waals surface area contributed by atoms with Gasteiger partial charge in [0.25, 0.3) is 0 Å². The van der Waals surface area contributed by atoms with Crippen molar-refractivity contribution >= 4 is 5.97 Å². The lowest BCUT2D eigenvalue weighted by atomic mass is 10.1. The molecule has 3 nitrogen and oxygen atoms in total. The van der Waals surface area contributed by atoms with Crippen molar-refractivity contribution in [3.8, 4) is 0 Å². The third kappa shape index (κ3) is 15.2. The number of carbonyl (C=O) groups is 1. The summed E-state index contributed by atoms with van der Waals surface area (Å²) in [6.07, 6.45) is 12.2. The minimum atomic E-state index is -0.719. The van der Waals surface area contributed by atoms with Crippen LogP contribution in [0, 0.1) is 0 Å². The molecule has 0 saturated carbocycles. The number of carboxylic acids is 1. The fourth-order valence-electron chi connectivity index (χ4n) is 1.58. The molecule has 0 aromatic heterocycles. The van der Waals surface area contributed by atoms with E-state index in [0.717, 1.165) is 19.6 Å². The zero-order valence-corrected chi connectivity index (χ0v) is 11.0. The van der Waals surface area contributed by atoms with Crippen LogP contribution in [0.15, 0.2) is 12.2 Å². The maximum Gasteiger partial charge on any atom is 0.303 e. The van der Waals surface area contributed by atoms with E-state index in [0.29, 0.717) is 6.42 Å². The molecule has 0 bridgehead atoms. The van der Waals surface area contributed by atoms with Crippen LogP contribution in [0.2, 0.25) is 0 Å². The summed E-state index contributed by atoms with van der Waals surface area (Å²) in [5.41, 5.74) is 0. The molecule has 3 heteroatoms. The van der Waals surface area contributed by atoms with Crippen LogP contribution in [0.5, 0.6) is 0 Å². The molecule has 0 unspecified atom stereocenters. The number of unbranched alkanes of at least 4 members (excludes halogenated alkanes) is 5. The van der Waals surface area contributed by atoms with Crippen LogP contribution in [-0.2, 0) is 9.53 Å². The fraction of sp³-hybridized carbons (Fsp3) is 0.786. The van der Waals surface area contributed by atoms with Crippen molar-refractivity contribution in [3.63, 3.8) is 0 Å². The molecule has 0 aliphatic rings. The topological polar surface area (TPSA) is 46.5 Å². The zero-order valence-electron chi connectivity index (χ0n) is 11.0. The minimum Gasteiger partial charge on any atom is -0.481 e. The largest absolute Gasteiger partial charge is 0.481 e. The van der Waals surface area contributed by atoms with Crippen LogP contribution >= 0.6 is 0 Å². The molecular weight excluding hydrogens is 216 g/mol. The van der Waals surface area contributed by atoms with Crippen molar-refractivity contribution in [1.82, 2.24) is 0 Å². The Morgan fingerprint density at radius 1 is 1.06 bits per heavy atom. The van der Waals surface area contributed by atoms with E-state index in [1.165, 1.54) is 32.1 Å². The first-order chi connectivity index (χ1) is 8.27. The Labute approximate surface area is 105 Å². The van der Waals surface area contributed by atoms with Gasteiger partial charge in [0.05, 0.1) is 0 Å². The summed E-state index contributed by atoms with van der Waals surface area (Å²) in [5.74, 6) is -0.719. The van der Waals surface area contributed by atoms with Gasteiger partial charge in [0, 0.05) is 19.6 Å². The van der Waals surface area contributed by atoms with Gasteiger partial charge < -0.3 is 9.84 Å². The normalized spacial score (nSPS) is 11.1. The van der Waals surface area contributed by atoms with Gasteiger partial charge >= 0.3 is 5.97 Å². The second kappa shape index (κ2) is 13.2. The lowest BCUT2D eigenvalue weighted by molar-refractivity contribution is -0.136. The Bertz CT molecular complexity index is 200. The van der Waals surface area contributed by atoms with Crippen LogP contribution in [-0.4, -0.2) is 24.3 Å². The van der Waals surface area contributed by atoms with Gasteiger partial charge in [-0.05, 0) is 32.6 Å². The second-order valence-electron chi connectivity index (χ2n) is 4.16. The fourth-order valence-corrected chi connectivity index (χ4v) is 1.58. The first kappa shape index (κ1) is 16.2. The van der Waals surface area contributed by atoms with Gasteiger partial charge in [0.15, 0.2) is 0 Å². The standard InChI is InChI=1S/C14H26O3/c1-2-17-13-11-9-7-5-3-4-6-8-10-12-14(15)16/h6,8H,2-5,7,9-13H2,1H3,(H,15,16). The predicted molar refractivity (Wildman–Crippen MR) is 70.2 cm³/mol. The third-order valence-electron chi connectivity index (χ3n) is 2.56. The summed E-state index contributed by atoms with van der Waals surface area (Å²) in [6, 6.07) is 0. The Morgan fingerprint density at radius 3 is 2.41 bits per heavy atom. The highest BCUT2D eigenvalue weighted by molar-refractivity contribution is 5.66. The predicted octanol–water partition coefficient (Wildman–Crippen LogP) is 3.78. The summed E-state index contributed by atoms with van der Waals surface area (Å²) in [7, 11) is 0. The van der Waals surface area contributed by atoms with Crippen LogP contribution < -0.4 is 0 Å². The van der Waals surface area contributed by atoms with E-state index in [1.54, 1.807) is 0 Å². The highest BCUT2D eigenvalue weighted by Crippen LogP contribution is 2.06. The number of ether oxygens (including phenoxy) is 1. The van der Waals surface area contributed by atoms with Crippen molar-refractivity contribution in [3.05, 3.63) is 12.2 Å². The number of rotatable bonds is 12. The van der Waals surface area contributed by atoms with Crippen LogP contribution in [0.3, 0.4) is 0 Å². The van der Waals surface area contributed by atoms with E-state index in [2.05, 4.69) is 6.08 Å². The number of aliphatic carboxylic acids is 1. The van der Waals surface area contributed by atoms with E-state index in [-0.39, 0.29) is 6.42 Å². The Hall–Kier alpha value is -0.830. The van der Waals surface area contributed by atoms with Crippen molar-refractivity contribution in [2.45, 2.75) is 58.3 Å². The monoisotopic (exact) mass is 242 g/mol. The molecule has 0 radical (unpaired) electrons. The van der Waals surface area contributed by atoms with Gasteiger partial charge in [-0.1, -0.05) is 31.4 Å². The minimum absolute atomic E-state index is 0.244. The lowest BCUT2D eigenvalue weighted by Gasteiger charge is -2.00. The maximum atomic E-state index is 10.2. The van der Waals surface area contributed by atoms with Crippen LogP contribution in [0.4, 0.5) is 0 Å². The number of hydrogen-bond donors (Lipinski definition) is 1. The van der Waals surface area contributed by atoms with Crippen molar-refractivity contribution in [2.24, 2.45) is 0 Å². The highest BCUT2D eigenvalue weighted by atomic mass is 16.5. The van der Waals surface area contributed by atoms with E-state index in [4.69, 9.17) is 9.84 Å². The molecule has 0 aromatic carbocycles. The average molecular weight is 242 g/mol. The Morgan fingerprint density at radius 2 is 1.71 bits per heavy atom. The molecule has 0 rings (SSSR count). The molecule has 0 saturated heterocycles. The van der Waals surface area contributed by atoms with Crippen LogP contribution in [0.1, 0.15) is 58.3 Å². The van der Waals surface area contributed by atoms with Gasteiger partial charge in [-0.25, -0.2) is 0 Å². The molecule has 0 fully saturated rings. The van der Waals surface area contributed by atoms with Gasteiger partial charge in [0.2, 0.25) is 0 Å². The molecule has 0 amide bonds. The molecule has 100 valence electrons. The lowest BCUT2D eigenvalue weighted by Crippen LogP contribution is -1.92. The summed E-state index contributed by atoms with van der Waals surface area (Å²) >= 11 is 0. The number of carboxylic acid groups (broad SMARTS) is 1. The van der Waals surface area contributed by atoms with Crippen molar-refractivity contribution < 1.29 is 14.6 Å². The number of allylic oxidation sites excluding steroid dienone is 2. The van der Waals surface area contributed by atoms with Gasteiger partial charge in [-0.2, -0.15) is 0 Å². The van der Waals surface area contributed by atoms with Crippen LogP contribution in [0.25, 0.3) is 0 Å². The molecule has 0 atom stereocenters. The summed E-state index contributed by atoms with van der Waals surface area (Å²) in [6.45, 7) is 3.74. The SMILES string of the molecule is CCOCCCCCCCC=CCCC(=O)O. The summed E-state index contributed by atoms with van der Waals surface area (Å²) in [5, 5.41) is 8.43. The van der Waals surface area contributed by atoms with Gasteiger partial charge in [-0.15, -0.1) is 0 Å². The van der Waals surface area contributed by atoms with E-state index in [9.17, 15) is 4.79 Å². The summed E-state index contributed by atoms with van der Waals surface area (Å²) < 4.78 is 5.27. The first-order valence-corrected chi connectivity index (χ1v) is 6.72. The molecular formula is C14H26O3. The van der Waals surface area contributed by atoms with E-state index >= 15 is 0 Å². The Kier molecular flexibility index (Phi) is 12.6. The molecule has 0 aliphatic heterocycles. The van der Waals surface area contributed by atoms with Gasteiger partial charge in [0.1, 0.15) is 0 Å². The smallest absolute Gasteiger partial charge is 0.303 e. The molecule has 17 heavy (non-hydrogen) atoms. The quantitative estimate of drug-likeness (QED) is 0.418. The molecule has 0 aromatic rings. The average Bonchev–Trinajstić information content (AvgIpc) is 2.30. The van der Waals surface area contributed by atoms with E-state index < -0.39 is 5.97 Å². The van der Waals surface area contributed by atoms with Crippen molar-refractivity contribution in [2.75, 3.05) is 13.2 Å². The van der Waals surface area contributed by atoms with Gasteiger partial charge in [-0.3, -0.25) is 4.79 Å². The zero-order chi connectivity index (χ0) is 12.8. The second-order valence-corrected chi connectivity index (χ2v) is 4.16. The summed E-state index contributed by atoms with van der Waals surface area (Å²) in [4.78, 5) is 10.2. The Balaban J connectivity index is 3.05. The molecule has 1 N–H and O–H groups in total. The molecule has 0 heterocycles. The third-order valence-corrected chi connectivity index (χ3v) is 2.56. The van der Waals surface area contributed by atoms with Crippen molar-refractivity contribution in [1.29, 1.82) is 0 Å².